The maximum Gasteiger partial charge on any atom is 0.220 e. The Labute approximate surface area is 141 Å². The minimum Gasteiger partial charge on any atom is -0.361 e. The number of aromatic nitrogens is 1. The third-order valence-electron chi connectivity index (χ3n) is 4.82. The van der Waals surface area contributed by atoms with E-state index in [9.17, 15) is 4.79 Å². The Bertz CT molecular complexity index is 623. The van der Waals surface area contributed by atoms with Gasteiger partial charge in [-0.1, -0.05) is 24.1 Å². The van der Waals surface area contributed by atoms with Crippen molar-refractivity contribution in [2.75, 3.05) is 0 Å². The molecule has 0 aromatic carbocycles. The average Bonchev–Trinajstić information content (AvgIpc) is 3.27. The van der Waals surface area contributed by atoms with Gasteiger partial charge in [0, 0.05) is 16.9 Å². The third kappa shape index (κ3) is 3.83. The van der Waals surface area contributed by atoms with Gasteiger partial charge in [-0.05, 0) is 50.5 Å². The van der Waals surface area contributed by atoms with Crippen molar-refractivity contribution in [1.82, 2.24) is 10.5 Å². The second-order valence-corrected chi connectivity index (χ2v) is 7.39. The molecule has 1 fully saturated rings. The number of aryl methyl sites for hydroxylation is 2. The monoisotopic (exact) mass is 332 g/mol. The van der Waals surface area contributed by atoms with Crippen LogP contribution in [0.3, 0.4) is 0 Å². The lowest BCUT2D eigenvalue weighted by Crippen LogP contribution is -2.32. The van der Waals surface area contributed by atoms with Crippen LogP contribution in [-0.4, -0.2) is 11.1 Å². The van der Waals surface area contributed by atoms with Crippen LogP contribution >= 0.6 is 11.3 Å². The summed E-state index contributed by atoms with van der Waals surface area (Å²) in [6, 6.07) is 4.38. The highest BCUT2D eigenvalue weighted by Gasteiger charge is 2.28. The number of thiophene rings is 1. The van der Waals surface area contributed by atoms with Crippen molar-refractivity contribution in [3.8, 4) is 0 Å². The van der Waals surface area contributed by atoms with Crippen LogP contribution in [0.15, 0.2) is 22.0 Å². The molecule has 0 saturated heterocycles. The van der Waals surface area contributed by atoms with Crippen molar-refractivity contribution in [3.63, 3.8) is 0 Å². The molecule has 1 aliphatic rings. The van der Waals surface area contributed by atoms with E-state index in [1.165, 1.54) is 30.6 Å². The molecule has 0 aliphatic heterocycles. The predicted octanol–water partition coefficient (Wildman–Crippen LogP) is 4.33. The summed E-state index contributed by atoms with van der Waals surface area (Å²) in [5.74, 6) is 1.52. The number of hydrogen-bond acceptors (Lipinski definition) is 4. The van der Waals surface area contributed by atoms with E-state index in [0.717, 1.165) is 17.0 Å². The van der Waals surface area contributed by atoms with Gasteiger partial charge in [-0.2, -0.15) is 0 Å². The zero-order valence-electron chi connectivity index (χ0n) is 13.8. The Hall–Kier alpha value is -1.62. The molecular formula is C18H24N2O2S. The minimum absolute atomic E-state index is 0.121. The first kappa shape index (κ1) is 16.2. The van der Waals surface area contributed by atoms with Gasteiger partial charge in [0.1, 0.15) is 5.76 Å². The molecule has 0 spiro atoms. The first-order valence-corrected chi connectivity index (χ1v) is 9.27. The van der Waals surface area contributed by atoms with Gasteiger partial charge in [0.2, 0.25) is 5.91 Å². The SMILES string of the molecule is Cc1noc(C)c1CCC(=O)NC(c1cccs1)C1CCCC1. The third-order valence-corrected chi connectivity index (χ3v) is 5.78. The number of hydrogen-bond donors (Lipinski definition) is 1. The van der Waals surface area contributed by atoms with Gasteiger partial charge < -0.3 is 9.84 Å². The molecule has 3 rings (SSSR count). The number of amides is 1. The van der Waals surface area contributed by atoms with E-state index >= 15 is 0 Å². The molecular weight excluding hydrogens is 308 g/mol. The van der Waals surface area contributed by atoms with Gasteiger partial charge in [-0.3, -0.25) is 4.79 Å². The molecule has 2 aromatic rings. The molecule has 23 heavy (non-hydrogen) atoms. The molecule has 0 bridgehead atoms. The summed E-state index contributed by atoms with van der Waals surface area (Å²) >= 11 is 1.74. The van der Waals surface area contributed by atoms with Gasteiger partial charge in [0.15, 0.2) is 0 Å². The minimum atomic E-state index is 0.121. The fraction of sp³-hybridized carbons (Fsp3) is 0.556. The molecule has 1 saturated carbocycles. The lowest BCUT2D eigenvalue weighted by atomic mass is 9.96. The predicted molar refractivity (Wildman–Crippen MR) is 91.5 cm³/mol. The Balaban J connectivity index is 1.62. The molecule has 1 aliphatic carbocycles. The first-order chi connectivity index (χ1) is 11.1. The number of carbonyl (C=O) groups excluding carboxylic acids is 1. The lowest BCUT2D eigenvalue weighted by Gasteiger charge is -2.23. The van der Waals surface area contributed by atoms with E-state index in [2.05, 4.69) is 28.0 Å². The molecule has 1 unspecified atom stereocenters. The molecule has 5 heteroatoms. The first-order valence-electron chi connectivity index (χ1n) is 8.39. The standard InChI is InChI=1S/C18H24N2O2S/c1-12-15(13(2)22-20-12)9-10-17(21)19-18(14-6-3-4-7-14)16-8-5-11-23-16/h5,8,11,14,18H,3-4,6-7,9-10H2,1-2H3,(H,19,21). The van der Waals surface area contributed by atoms with Crippen LogP contribution in [0.1, 0.15) is 60.0 Å². The molecule has 1 atom stereocenters. The van der Waals surface area contributed by atoms with Crippen LogP contribution in [0, 0.1) is 19.8 Å². The smallest absolute Gasteiger partial charge is 0.220 e. The molecule has 124 valence electrons. The summed E-state index contributed by atoms with van der Waals surface area (Å²) in [4.78, 5) is 13.7. The van der Waals surface area contributed by atoms with Crippen molar-refractivity contribution < 1.29 is 9.32 Å². The number of nitrogens with one attached hydrogen (secondary N) is 1. The zero-order valence-corrected chi connectivity index (χ0v) is 14.6. The zero-order chi connectivity index (χ0) is 16.2. The highest BCUT2D eigenvalue weighted by atomic mass is 32.1. The van der Waals surface area contributed by atoms with Crippen molar-refractivity contribution in [3.05, 3.63) is 39.4 Å². The van der Waals surface area contributed by atoms with Gasteiger partial charge in [0.05, 0.1) is 11.7 Å². The van der Waals surface area contributed by atoms with Gasteiger partial charge >= 0.3 is 0 Å². The van der Waals surface area contributed by atoms with Crippen LogP contribution < -0.4 is 5.32 Å². The molecule has 1 N–H and O–H groups in total. The van der Waals surface area contributed by atoms with Crippen LogP contribution in [0.2, 0.25) is 0 Å². The number of nitrogens with zero attached hydrogens (tertiary/aromatic N) is 1. The lowest BCUT2D eigenvalue weighted by molar-refractivity contribution is -0.122. The normalized spacial score (nSPS) is 16.6. The topological polar surface area (TPSA) is 55.1 Å². The largest absolute Gasteiger partial charge is 0.361 e. The van der Waals surface area contributed by atoms with E-state index in [1.54, 1.807) is 11.3 Å². The summed E-state index contributed by atoms with van der Waals surface area (Å²) in [6.45, 7) is 3.83. The average molecular weight is 332 g/mol. The van der Waals surface area contributed by atoms with Gasteiger partial charge in [-0.25, -0.2) is 0 Å². The highest BCUT2D eigenvalue weighted by molar-refractivity contribution is 7.10. The Kier molecular flexibility index (Phi) is 5.16. The fourth-order valence-corrected chi connectivity index (χ4v) is 4.39. The molecule has 2 aromatic heterocycles. The summed E-state index contributed by atoms with van der Waals surface area (Å²) in [5, 5.41) is 9.33. The molecule has 1 amide bonds. The van der Waals surface area contributed by atoms with E-state index in [4.69, 9.17) is 4.52 Å². The summed E-state index contributed by atoms with van der Waals surface area (Å²) < 4.78 is 5.17. The highest BCUT2D eigenvalue weighted by Crippen LogP contribution is 2.37. The van der Waals surface area contributed by atoms with Crippen molar-refractivity contribution in [2.45, 2.75) is 58.4 Å². The Morgan fingerprint density at radius 3 is 2.83 bits per heavy atom. The number of carbonyl (C=O) groups is 1. The van der Waals surface area contributed by atoms with Crippen LogP contribution in [-0.2, 0) is 11.2 Å². The van der Waals surface area contributed by atoms with E-state index in [0.29, 0.717) is 18.8 Å². The van der Waals surface area contributed by atoms with Crippen molar-refractivity contribution in [2.24, 2.45) is 5.92 Å². The Morgan fingerprint density at radius 2 is 2.22 bits per heavy atom. The summed E-state index contributed by atoms with van der Waals surface area (Å²) in [7, 11) is 0. The molecule has 0 radical (unpaired) electrons. The second kappa shape index (κ2) is 7.30. The van der Waals surface area contributed by atoms with Crippen molar-refractivity contribution >= 4 is 17.2 Å². The van der Waals surface area contributed by atoms with Gasteiger partial charge in [0.25, 0.3) is 0 Å². The maximum absolute atomic E-state index is 12.5. The van der Waals surface area contributed by atoms with Crippen molar-refractivity contribution in [1.29, 1.82) is 0 Å². The Morgan fingerprint density at radius 1 is 1.43 bits per heavy atom. The van der Waals surface area contributed by atoms with Gasteiger partial charge in [-0.15, -0.1) is 11.3 Å². The van der Waals surface area contributed by atoms with Crippen LogP contribution in [0.5, 0.6) is 0 Å². The summed E-state index contributed by atoms with van der Waals surface area (Å²) in [6.07, 6.45) is 6.16. The molecule has 4 nitrogen and oxygen atoms in total. The fourth-order valence-electron chi connectivity index (χ4n) is 3.52. The van der Waals surface area contributed by atoms with E-state index in [-0.39, 0.29) is 11.9 Å². The second-order valence-electron chi connectivity index (χ2n) is 6.41. The van der Waals surface area contributed by atoms with E-state index < -0.39 is 0 Å². The molecule has 2 heterocycles. The summed E-state index contributed by atoms with van der Waals surface area (Å²) in [5.41, 5.74) is 1.95. The van der Waals surface area contributed by atoms with Crippen LogP contribution in [0.4, 0.5) is 0 Å². The van der Waals surface area contributed by atoms with E-state index in [1.807, 2.05) is 13.8 Å². The number of rotatable bonds is 6. The quantitative estimate of drug-likeness (QED) is 0.856. The maximum atomic E-state index is 12.5. The van der Waals surface area contributed by atoms with Crippen LogP contribution in [0.25, 0.3) is 0 Å².